The average Bonchev–Trinajstić information content (AvgIpc) is 3.18. The van der Waals surface area contributed by atoms with E-state index in [1.807, 2.05) is 42.5 Å². The Morgan fingerprint density at radius 1 is 1.19 bits per heavy atom. The van der Waals surface area contributed by atoms with Gasteiger partial charge < -0.3 is 14.5 Å². The van der Waals surface area contributed by atoms with Gasteiger partial charge in [-0.1, -0.05) is 37.6 Å². The highest BCUT2D eigenvalue weighted by molar-refractivity contribution is 6.00. The lowest BCUT2D eigenvalue weighted by atomic mass is 10.1. The minimum absolute atomic E-state index is 0.116. The molecule has 0 atom stereocenters. The number of benzene rings is 2. The molecular weight excluding hydrogens is 328 g/mol. The summed E-state index contributed by atoms with van der Waals surface area (Å²) in [5.74, 6) is 1.68. The van der Waals surface area contributed by atoms with Crippen molar-refractivity contribution in [3.63, 3.8) is 0 Å². The van der Waals surface area contributed by atoms with E-state index in [4.69, 9.17) is 9.15 Å². The molecule has 1 aromatic heterocycles. The van der Waals surface area contributed by atoms with Gasteiger partial charge in [-0.15, -0.1) is 0 Å². The third kappa shape index (κ3) is 3.94. The number of carbonyl (C=O) groups excluding carboxylic acids is 1. The maximum atomic E-state index is 12.5. The summed E-state index contributed by atoms with van der Waals surface area (Å²) < 4.78 is 11.2. The zero-order chi connectivity index (χ0) is 18.4. The second kappa shape index (κ2) is 8.34. The first kappa shape index (κ1) is 17.7. The number of nitrogens with one attached hydrogen (secondary N) is 1. The molecule has 26 heavy (non-hydrogen) atoms. The molecule has 3 rings (SSSR count). The Hall–Kier alpha value is -3.08. The summed E-state index contributed by atoms with van der Waals surface area (Å²) in [5, 5.41) is 2.94. The molecule has 0 aliphatic carbocycles. The van der Waals surface area contributed by atoms with Gasteiger partial charge >= 0.3 is 0 Å². The highest BCUT2D eigenvalue weighted by atomic mass is 16.5. The number of oxazole rings is 1. The Bertz CT molecular complexity index is 886. The van der Waals surface area contributed by atoms with E-state index >= 15 is 0 Å². The molecular formula is C21H22N2O3. The lowest BCUT2D eigenvalue weighted by molar-refractivity contribution is 0.0953. The predicted molar refractivity (Wildman–Crippen MR) is 101 cm³/mol. The molecule has 0 spiro atoms. The molecule has 2 aromatic carbocycles. The third-order valence-corrected chi connectivity index (χ3v) is 4.08. The van der Waals surface area contributed by atoms with Crippen LogP contribution in [0.1, 0.15) is 30.1 Å². The van der Waals surface area contributed by atoms with Crippen molar-refractivity contribution >= 4 is 5.91 Å². The summed E-state index contributed by atoms with van der Waals surface area (Å²) in [6.45, 7) is 2.75. The molecule has 0 fully saturated rings. The fraction of sp³-hybridized carbons (Fsp3) is 0.238. The molecule has 134 valence electrons. The second-order valence-electron chi connectivity index (χ2n) is 5.92. The van der Waals surface area contributed by atoms with E-state index < -0.39 is 0 Å². The first-order valence-electron chi connectivity index (χ1n) is 8.70. The Balaban J connectivity index is 1.88. The van der Waals surface area contributed by atoms with Crippen molar-refractivity contribution in [3.05, 3.63) is 60.3 Å². The molecule has 0 aliphatic heterocycles. The largest absolute Gasteiger partial charge is 0.497 e. The Morgan fingerprint density at radius 3 is 2.85 bits per heavy atom. The van der Waals surface area contributed by atoms with E-state index in [1.54, 1.807) is 19.4 Å². The van der Waals surface area contributed by atoms with Crippen LogP contribution in [0.2, 0.25) is 0 Å². The molecule has 1 N–H and O–H groups in total. The molecule has 1 amide bonds. The van der Waals surface area contributed by atoms with Crippen molar-refractivity contribution in [1.29, 1.82) is 0 Å². The van der Waals surface area contributed by atoms with Gasteiger partial charge in [0.15, 0.2) is 5.76 Å². The SMILES string of the molecule is CCCCNC(=O)c1ccccc1-c1ncc(-c2cccc(OC)c2)o1. The number of hydrogen-bond acceptors (Lipinski definition) is 4. The lowest BCUT2D eigenvalue weighted by Gasteiger charge is -2.07. The minimum atomic E-state index is -0.116. The second-order valence-corrected chi connectivity index (χ2v) is 5.92. The van der Waals surface area contributed by atoms with Crippen LogP contribution >= 0.6 is 0 Å². The Kier molecular flexibility index (Phi) is 5.69. The van der Waals surface area contributed by atoms with Crippen LogP contribution in [0.4, 0.5) is 0 Å². The van der Waals surface area contributed by atoms with Crippen LogP contribution in [0.25, 0.3) is 22.8 Å². The summed E-state index contributed by atoms with van der Waals surface area (Å²) in [6.07, 6.45) is 3.65. The molecule has 3 aromatic rings. The summed E-state index contributed by atoms with van der Waals surface area (Å²) in [5.41, 5.74) is 2.10. The Morgan fingerprint density at radius 2 is 2.04 bits per heavy atom. The van der Waals surface area contributed by atoms with Gasteiger partial charge in [-0.25, -0.2) is 4.98 Å². The maximum Gasteiger partial charge on any atom is 0.252 e. The van der Waals surface area contributed by atoms with Gasteiger partial charge in [0.05, 0.1) is 18.9 Å². The third-order valence-electron chi connectivity index (χ3n) is 4.08. The highest BCUT2D eigenvalue weighted by Crippen LogP contribution is 2.29. The first-order valence-corrected chi connectivity index (χ1v) is 8.70. The van der Waals surface area contributed by atoms with Crippen LogP contribution in [0.3, 0.4) is 0 Å². The fourth-order valence-corrected chi connectivity index (χ4v) is 2.65. The molecule has 5 nitrogen and oxygen atoms in total. The lowest BCUT2D eigenvalue weighted by Crippen LogP contribution is -2.24. The smallest absolute Gasteiger partial charge is 0.252 e. The zero-order valence-corrected chi connectivity index (χ0v) is 15.0. The number of carbonyl (C=O) groups is 1. The van der Waals surface area contributed by atoms with Crippen LogP contribution in [-0.2, 0) is 0 Å². The molecule has 0 saturated heterocycles. The van der Waals surface area contributed by atoms with Gasteiger partial charge in [0.2, 0.25) is 5.89 Å². The van der Waals surface area contributed by atoms with E-state index in [-0.39, 0.29) is 5.91 Å². The molecule has 0 aliphatic rings. The van der Waals surface area contributed by atoms with Crippen molar-refractivity contribution in [1.82, 2.24) is 10.3 Å². The Labute approximate surface area is 153 Å². The van der Waals surface area contributed by atoms with Gasteiger partial charge in [0.1, 0.15) is 5.75 Å². The number of amides is 1. The van der Waals surface area contributed by atoms with Crippen molar-refractivity contribution in [2.75, 3.05) is 13.7 Å². The van der Waals surface area contributed by atoms with Gasteiger partial charge in [0, 0.05) is 17.7 Å². The van der Waals surface area contributed by atoms with Crippen LogP contribution < -0.4 is 10.1 Å². The van der Waals surface area contributed by atoms with E-state index in [1.165, 1.54) is 0 Å². The molecule has 1 heterocycles. The van der Waals surface area contributed by atoms with Crippen molar-refractivity contribution in [3.8, 4) is 28.5 Å². The number of unbranched alkanes of at least 4 members (excludes halogenated alkanes) is 1. The van der Waals surface area contributed by atoms with Crippen molar-refractivity contribution in [2.24, 2.45) is 0 Å². The van der Waals surface area contributed by atoms with Crippen LogP contribution in [0.15, 0.2) is 59.1 Å². The quantitative estimate of drug-likeness (QED) is 0.635. The van der Waals surface area contributed by atoms with E-state index in [9.17, 15) is 4.79 Å². The fourth-order valence-electron chi connectivity index (χ4n) is 2.65. The van der Waals surface area contributed by atoms with Gasteiger partial charge in [0.25, 0.3) is 5.91 Å². The normalized spacial score (nSPS) is 10.5. The van der Waals surface area contributed by atoms with Crippen LogP contribution in [-0.4, -0.2) is 24.5 Å². The molecule has 0 saturated carbocycles. The van der Waals surface area contributed by atoms with Crippen LogP contribution in [0.5, 0.6) is 5.75 Å². The zero-order valence-electron chi connectivity index (χ0n) is 15.0. The maximum absolute atomic E-state index is 12.5. The molecule has 0 radical (unpaired) electrons. The number of methoxy groups -OCH3 is 1. The monoisotopic (exact) mass is 350 g/mol. The summed E-state index contributed by atoms with van der Waals surface area (Å²) in [6, 6.07) is 14.9. The highest BCUT2D eigenvalue weighted by Gasteiger charge is 2.16. The van der Waals surface area contributed by atoms with E-state index in [0.717, 1.165) is 24.2 Å². The molecule has 5 heteroatoms. The number of nitrogens with zero attached hydrogens (tertiary/aromatic N) is 1. The standard InChI is InChI=1S/C21H22N2O3/c1-3-4-12-22-20(24)17-10-5-6-11-18(17)21-23-14-19(26-21)15-8-7-9-16(13-15)25-2/h5-11,13-14H,3-4,12H2,1-2H3,(H,22,24). The van der Waals surface area contributed by atoms with Gasteiger partial charge in [-0.3, -0.25) is 4.79 Å². The number of rotatable bonds is 7. The van der Waals surface area contributed by atoms with Gasteiger partial charge in [-0.2, -0.15) is 0 Å². The van der Waals surface area contributed by atoms with E-state index in [0.29, 0.717) is 29.3 Å². The van der Waals surface area contributed by atoms with Crippen molar-refractivity contribution < 1.29 is 13.9 Å². The summed E-state index contributed by atoms with van der Waals surface area (Å²) in [4.78, 5) is 16.8. The molecule has 0 bridgehead atoms. The number of hydrogen-bond donors (Lipinski definition) is 1. The van der Waals surface area contributed by atoms with Crippen LogP contribution in [0, 0.1) is 0 Å². The van der Waals surface area contributed by atoms with Gasteiger partial charge in [-0.05, 0) is 30.7 Å². The first-order chi connectivity index (χ1) is 12.7. The van der Waals surface area contributed by atoms with E-state index in [2.05, 4.69) is 17.2 Å². The molecule has 0 unspecified atom stereocenters. The average molecular weight is 350 g/mol. The predicted octanol–water partition coefficient (Wildman–Crippen LogP) is 4.55. The topological polar surface area (TPSA) is 64.4 Å². The summed E-state index contributed by atoms with van der Waals surface area (Å²) >= 11 is 0. The summed E-state index contributed by atoms with van der Waals surface area (Å²) in [7, 11) is 1.62. The van der Waals surface area contributed by atoms with Crippen molar-refractivity contribution in [2.45, 2.75) is 19.8 Å². The number of aromatic nitrogens is 1. The number of ether oxygens (including phenoxy) is 1. The minimum Gasteiger partial charge on any atom is -0.497 e.